The van der Waals surface area contributed by atoms with Gasteiger partial charge in [-0.2, -0.15) is 0 Å². The van der Waals surface area contributed by atoms with Crippen molar-refractivity contribution in [1.29, 1.82) is 0 Å². The zero-order valence-corrected chi connectivity index (χ0v) is 26.2. The van der Waals surface area contributed by atoms with Gasteiger partial charge in [0.05, 0.1) is 10.6 Å². The van der Waals surface area contributed by atoms with Crippen LogP contribution in [0.25, 0.3) is 0 Å². The van der Waals surface area contributed by atoms with Gasteiger partial charge in [0.1, 0.15) is 12.6 Å². The molecule has 0 aliphatic rings. The fourth-order valence-electron chi connectivity index (χ4n) is 5.07. The third kappa shape index (κ3) is 7.70. The Hall–Kier alpha value is -4.43. The van der Waals surface area contributed by atoms with Crippen molar-refractivity contribution in [3.8, 4) is 0 Å². The van der Waals surface area contributed by atoms with Crippen LogP contribution in [0.15, 0.2) is 102 Å². The molecule has 0 heterocycles. The van der Waals surface area contributed by atoms with Gasteiger partial charge in [0.25, 0.3) is 10.0 Å². The van der Waals surface area contributed by atoms with Crippen molar-refractivity contribution in [3.05, 3.63) is 130 Å². The molecule has 0 radical (unpaired) electrons. The molecule has 0 saturated heterocycles. The molecule has 0 aliphatic carbocycles. The number of hydrogen-bond donors (Lipinski definition) is 1. The third-order valence-electron chi connectivity index (χ3n) is 7.47. The van der Waals surface area contributed by atoms with Gasteiger partial charge in [-0.15, -0.1) is 0 Å². The minimum absolute atomic E-state index is 0.0872. The third-order valence-corrected chi connectivity index (χ3v) is 9.25. The van der Waals surface area contributed by atoms with Gasteiger partial charge >= 0.3 is 0 Å². The van der Waals surface area contributed by atoms with Crippen LogP contribution in [0.5, 0.6) is 0 Å². The van der Waals surface area contributed by atoms with Crippen LogP contribution in [0.3, 0.4) is 0 Å². The van der Waals surface area contributed by atoms with Crippen molar-refractivity contribution in [2.45, 2.75) is 51.6 Å². The number of carbonyl (C=O) groups excluding carboxylic acids is 2. The summed E-state index contributed by atoms with van der Waals surface area (Å²) in [5.74, 6) is -0.813. The second kappa shape index (κ2) is 13.7. The van der Waals surface area contributed by atoms with Gasteiger partial charge in [0, 0.05) is 20.0 Å². The van der Waals surface area contributed by atoms with Crippen molar-refractivity contribution in [2.75, 3.05) is 17.9 Å². The fraction of sp³-hybridized carbons (Fsp3) is 0.257. The standard InChI is InChI=1S/C35H39N3O4S/c1-25-15-18-31(19-16-25)43(41,42)38(32-21-27(3)14-17-28(32)4)24-34(39)37(23-30-13-9-10-26(2)20-30)33(35(40)36-5)22-29-11-7-6-8-12-29/h6-21,33H,22-24H2,1-5H3,(H,36,40). The number of sulfonamides is 1. The molecule has 0 spiro atoms. The molecule has 1 atom stereocenters. The lowest BCUT2D eigenvalue weighted by atomic mass is 10.0. The van der Waals surface area contributed by atoms with E-state index in [-0.39, 0.29) is 23.8 Å². The molecular weight excluding hydrogens is 558 g/mol. The van der Waals surface area contributed by atoms with E-state index in [2.05, 4.69) is 5.32 Å². The van der Waals surface area contributed by atoms with Crippen LogP contribution in [-0.4, -0.2) is 44.8 Å². The Labute approximate surface area is 255 Å². The number of rotatable bonds is 11. The number of nitrogens with zero attached hydrogens (tertiary/aromatic N) is 2. The van der Waals surface area contributed by atoms with E-state index in [9.17, 15) is 18.0 Å². The summed E-state index contributed by atoms with van der Waals surface area (Å²) in [5.41, 5.74) is 5.67. The molecule has 0 fully saturated rings. The van der Waals surface area contributed by atoms with Crippen LogP contribution < -0.4 is 9.62 Å². The summed E-state index contributed by atoms with van der Waals surface area (Å²) in [6.45, 7) is 7.21. The van der Waals surface area contributed by atoms with E-state index < -0.39 is 28.5 Å². The van der Waals surface area contributed by atoms with Crippen LogP contribution in [-0.2, 0) is 32.6 Å². The molecule has 4 aromatic rings. The summed E-state index contributed by atoms with van der Waals surface area (Å²) in [5, 5.41) is 2.72. The Kier molecular flexibility index (Phi) is 10.0. The minimum atomic E-state index is -4.14. The van der Waals surface area contributed by atoms with Crippen LogP contribution >= 0.6 is 0 Å². The molecule has 224 valence electrons. The first-order chi connectivity index (χ1) is 20.5. The maximum Gasteiger partial charge on any atom is 0.264 e. The zero-order chi connectivity index (χ0) is 31.1. The molecule has 0 bridgehead atoms. The summed E-state index contributed by atoms with van der Waals surface area (Å²) in [7, 11) is -2.60. The topological polar surface area (TPSA) is 86.8 Å². The van der Waals surface area contributed by atoms with Gasteiger partial charge in [0.15, 0.2) is 0 Å². The highest BCUT2D eigenvalue weighted by molar-refractivity contribution is 7.92. The number of benzene rings is 4. The molecule has 7 nitrogen and oxygen atoms in total. The molecule has 0 saturated carbocycles. The summed E-state index contributed by atoms with van der Waals surface area (Å²) in [6, 6.07) is 28.5. The Morgan fingerprint density at radius 3 is 2.02 bits per heavy atom. The van der Waals surface area contributed by atoms with Crippen LogP contribution in [0.2, 0.25) is 0 Å². The van der Waals surface area contributed by atoms with Gasteiger partial charge in [-0.25, -0.2) is 8.42 Å². The number of likely N-dealkylation sites (N-methyl/N-ethyl adjacent to an activating group) is 1. The molecule has 8 heteroatoms. The number of anilines is 1. The summed E-state index contributed by atoms with van der Waals surface area (Å²) >= 11 is 0. The van der Waals surface area contributed by atoms with E-state index >= 15 is 0 Å². The average molecular weight is 598 g/mol. The summed E-state index contributed by atoms with van der Waals surface area (Å²) in [6.07, 6.45) is 0.270. The van der Waals surface area contributed by atoms with E-state index in [1.165, 1.54) is 9.21 Å². The van der Waals surface area contributed by atoms with E-state index in [1.54, 1.807) is 37.4 Å². The van der Waals surface area contributed by atoms with E-state index in [0.29, 0.717) is 11.3 Å². The van der Waals surface area contributed by atoms with Gasteiger partial charge < -0.3 is 10.2 Å². The Bertz CT molecular complexity index is 1690. The van der Waals surface area contributed by atoms with Gasteiger partial charge in [-0.1, -0.05) is 90.0 Å². The number of hydrogen-bond acceptors (Lipinski definition) is 4. The Balaban J connectivity index is 1.82. The van der Waals surface area contributed by atoms with Crippen molar-refractivity contribution in [2.24, 2.45) is 0 Å². The smallest absolute Gasteiger partial charge is 0.264 e. The Morgan fingerprint density at radius 1 is 0.744 bits per heavy atom. The largest absolute Gasteiger partial charge is 0.357 e. The highest BCUT2D eigenvalue weighted by atomic mass is 32.2. The molecule has 2 amide bonds. The SMILES string of the molecule is CNC(=O)C(Cc1ccccc1)N(Cc1cccc(C)c1)C(=O)CN(c1cc(C)ccc1C)S(=O)(=O)c1ccc(C)cc1. The fourth-order valence-corrected chi connectivity index (χ4v) is 6.54. The van der Waals surface area contributed by atoms with Gasteiger partial charge in [-0.05, 0) is 68.1 Å². The molecule has 0 aliphatic heterocycles. The number of amides is 2. The van der Waals surface area contributed by atoms with Gasteiger partial charge in [0.2, 0.25) is 11.8 Å². The van der Waals surface area contributed by atoms with Gasteiger partial charge in [-0.3, -0.25) is 13.9 Å². The lowest BCUT2D eigenvalue weighted by molar-refractivity contribution is -0.139. The number of aryl methyl sites for hydroxylation is 4. The van der Waals surface area contributed by atoms with Crippen molar-refractivity contribution >= 4 is 27.5 Å². The normalized spacial score (nSPS) is 11.9. The summed E-state index contributed by atoms with van der Waals surface area (Å²) < 4.78 is 29.6. The number of carbonyl (C=O) groups is 2. The first kappa shape index (κ1) is 31.5. The monoisotopic (exact) mass is 597 g/mol. The molecule has 1 unspecified atom stereocenters. The predicted octanol–water partition coefficient (Wildman–Crippen LogP) is 5.50. The molecular formula is C35H39N3O4S. The van der Waals surface area contributed by atoms with Crippen molar-refractivity contribution < 1.29 is 18.0 Å². The second-order valence-corrected chi connectivity index (χ2v) is 12.8. The molecule has 43 heavy (non-hydrogen) atoms. The quantitative estimate of drug-likeness (QED) is 0.247. The molecule has 0 aromatic heterocycles. The molecule has 1 N–H and O–H groups in total. The average Bonchev–Trinajstić information content (AvgIpc) is 2.99. The first-order valence-corrected chi connectivity index (χ1v) is 15.7. The van der Waals surface area contributed by atoms with E-state index in [4.69, 9.17) is 0 Å². The second-order valence-electron chi connectivity index (χ2n) is 10.9. The van der Waals surface area contributed by atoms with E-state index in [1.807, 2.05) is 94.4 Å². The first-order valence-electron chi connectivity index (χ1n) is 14.3. The van der Waals surface area contributed by atoms with Crippen molar-refractivity contribution in [3.63, 3.8) is 0 Å². The predicted molar refractivity (Wildman–Crippen MR) is 171 cm³/mol. The van der Waals surface area contributed by atoms with Crippen LogP contribution in [0.4, 0.5) is 5.69 Å². The van der Waals surface area contributed by atoms with E-state index in [0.717, 1.165) is 27.8 Å². The summed E-state index contributed by atoms with van der Waals surface area (Å²) in [4.78, 5) is 29.4. The highest BCUT2D eigenvalue weighted by Crippen LogP contribution is 2.29. The minimum Gasteiger partial charge on any atom is -0.357 e. The lowest BCUT2D eigenvalue weighted by Gasteiger charge is -2.34. The maximum atomic E-state index is 14.4. The Morgan fingerprint density at radius 2 is 1.37 bits per heavy atom. The van der Waals surface area contributed by atoms with Crippen LogP contribution in [0.1, 0.15) is 33.4 Å². The number of nitrogens with one attached hydrogen (secondary N) is 1. The zero-order valence-electron chi connectivity index (χ0n) is 25.4. The highest BCUT2D eigenvalue weighted by Gasteiger charge is 2.34. The molecule has 4 aromatic carbocycles. The lowest BCUT2D eigenvalue weighted by Crippen LogP contribution is -2.53. The molecule has 4 rings (SSSR count). The maximum absolute atomic E-state index is 14.4. The van der Waals surface area contributed by atoms with Crippen LogP contribution in [0, 0.1) is 27.7 Å². The van der Waals surface area contributed by atoms with Crippen molar-refractivity contribution in [1.82, 2.24) is 10.2 Å².